The highest BCUT2D eigenvalue weighted by Gasteiger charge is 2.44. The molecule has 1 amide bonds. The minimum absolute atomic E-state index is 0.349. The second kappa shape index (κ2) is 6.26. The van der Waals surface area contributed by atoms with Crippen LogP contribution in [0.2, 0.25) is 0 Å². The lowest BCUT2D eigenvalue weighted by molar-refractivity contribution is -0.151. The summed E-state index contributed by atoms with van der Waals surface area (Å²) < 4.78 is 0. The largest absolute Gasteiger partial charge is 0.481 e. The minimum atomic E-state index is -1.10. The molecule has 1 aromatic carbocycles. The molecule has 116 valence electrons. The van der Waals surface area contributed by atoms with Gasteiger partial charge in [0.2, 0.25) is 5.91 Å². The Morgan fingerprint density at radius 1 is 1.19 bits per heavy atom. The number of nitrogens with one attached hydrogen (secondary N) is 1. The van der Waals surface area contributed by atoms with Crippen molar-refractivity contribution in [2.75, 3.05) is 0 Å². The second-order valence-electron chi connectivity index (χ2n) is 6.34. The molecule has 0 aromatic heterocycles. The normalized spacial score (nSPS) is 13.6. The van der Waals surface area contributed by atoms with E-state index in [1.807, 2.05) is 30.3 Å². The zero-order valence-electron chi connectivity index (χ0n) is 13.0. The predicted octanol–water partition coefficient (Wildman–Crippen LogP) is 1.56. The lowest BCUT2D eigenvalue weighted by atomic mass is 9.74. The van der Waals surface area contributed by atoms with Gasteiger partial charge in [0, 0.05) is 0 Å². The molecule has 1 rings (SSSR count). The minimum Gasteiger partial charge on any atom is -0.481 e. The molecule has 21 heavy (non-hydrogen) atoms. The maximum Gasteiger partial charge on any atom is 0.311 e. The van der Waals surface area contributed by atoms with Crippen LogP contribution in [0.3, 0.4) is 0 Å². The number of rotatable bonds is 6. The van der Waals surface area contributed by atoms with Crippen molar-refractivity contribution in [1.29, 1.82) is 0 Å². The van der Waals surface area contributed by atoms with Crippen LogP contribution in [0.25, 0.3) is 0 Å². The van der Waals surface area contributed by atoms with E-state index in [4.69, 9.17) is 5.73 Å². The van der Waals surface area contributed by atoms with Gasteiger partial charge in [-0.15, -0.1) is 0 Å². The molecule has 0 saturated heterocycles. The van der Waals surface area contributed by atoms with E-state index in [1.54, 1.807) is 27.7 Å². The number of aliphatic carboxylic acids is 1. The number of hydrogen-bond acceptors (Lipinski definition) is 3. The maximum absolute atomic E-state index is 12.2. The zero-order valence-corrected chi connectivity index (χ0v) is 13.0. The van der Waals surface area contributed by atoms with Gasteiger partial charge in [-0.3, -0.25) is 9.59 Å². The Bertz CT molecular complexity index is 510. The van der Waals surface area contributed by atoms with Gasteiger partial charge in [-0.1, -0.05) is 30.3 Å². The van der Waals surface area contributed by atoms with Crippen molar-refractivity contribution in [3.63, 3.8) is 0 Å². The number of carbonyl (C=O) groups excluding carboxylic acids is 1. The summed E-state index contributed by atoms with van der Waals surface area (Å²) in [5.41, 5.74) is 4.87. The van der Waals surface area contributed by atoms with Crippen LogP contribution in [0.4, 0.5) is 0 Å². The number of hydrogen-bond donors (Lipinski definition) is 3. The van der Waals surface area contributed by atoms with Crippen LogP contribution in [0.15, 0.2) is 30.3 Å². The van der Waals surface area contributed by atoms with Gasteiger partial charge < -0.3 is 16.2 Å². The van der Waals surface area contributed by atoms with Gasteiger partial charge in [-0.25, -0.2) is 0 Å². The molecular formula is C16H24N2O3. The standard InChI is InChI=1S/C16H24N2O3/c1-15(2,14(20)21)16(3,4)18-13(19)12(17)10-11-8-6-5-7-9-11/h5-9,12H,10,17H2,1-4H3,(H,18,19)(H,20,21)/t12-/m0/s1. The molecule has 5 heteroatoms. The highest BCUT2D eigenvalue weighted by Crippen LogP contribution is 2.30. The summed E-state index contributed by atoms with van der Waals surface area (Å²) in [6.07, 6.45) is 0.413. The lowest BCUT2D eigenvalue weighted by Crippen LogP contribution is -2.60. The number of carbonyl (C=O) groups is 2. The molecular weight excluding hydrogens is 268 g/mol. The molecule has 1 aromatic rings. The predicted molar refractivity (Wildman–Crippen MR) is 81.8 cm³/mol. The molecule has 0 aliphatic rings. The molecule has 0 spiro atoms. The van der Waals surface area contributed by atoms with Crippen LogP contribution >= 0.6 is 0 Å². The smallest absolute Gasteiger partial charge is 0.311 e. The van der Waals surface area contributed by atoms with Crippen LogP contribution in [0.1, 0.15) is 33.3 Å². The Labute approximate surface area is 125 Å². The van der Waals surface area contributed by atoms with Gasteiger partial charge in [-0.05, 0) is 39.7 Å². The molecule has 0 radical (unpaired) electrons. The van der Waals surface area contributed by atoms with Crippen LogP contribution in [-0.2, 0) is 16.0 Å². The fraction of sp³-hybridized carbons (Fsp3) is 0.500. The molecule has 0 bridgehead atoms. The highest BCUT2D eigenvalue weighted by atomic mass is 16.4. The molecule has 0 fully saturated rings. The Kier molecular flexibility index (Phi) is 5.12. The Morgan fingerprint density at radius 2 is 1.71 bits per heavy atom. The average molecular weight is 292 g/mol. The first-order valence-corrected chi connectivity index (χ1v) is 6.93. The van der Waals surface area contributed by atoms with Crippen molar-refractivity contribution >= 4 is 11.9 Å². The Hall–Kier alpha value is -1.88. The first-order valence-electron chi connectivity index (χ1n) is 6.93. The van der Waals surface area contributed by atoms with Crippen molar-refractivity contribution in [2.45, 2.75) is 45.7 Å². The average Bonchev–Trinajstić information content (AvgIpc) is 2.38. The molecule has 0 heterocycles. The third-order valence-corrected chi connectivity index (χ3v) is 4.17. The van der Waals surface area contributed by atoms with Crippen LogP contribution in [0.5, 0.6) is 0 Å². The first-order chi connectivity index (χ1) is 9.58. The van der Waals surface area contributed by atoms with E-state index in [-0.39, 0.29) is 5.91 Å². The summed E-state index contributed by atoms with van der Waals surface area (Å²) in [6, 6.07) is 8.76. The molecule has 1 atom stereocenters. The SMILES string of the molecule is CC(C)(NC(=O)[C@@H](N)Cc1ccccc1)C(C)(C)C(=O)O. The van der Waals surface area contributed by atoms with Gasteiger partial charge in [0.15, 0.2) is 0 Å². The Morgan fingerprint density at radius 3 is 2.19 bits per heavy atom. The molecule has 0 saturated carbocycles. The fourth-order valence-corrected chi connectivity index (χ4v) is 1.79. The molecule has 0 unspecified atom stereocenters. The van der Waals surface area contributed by atoms with Crippen molar-refractivity contribution in [3.8, 4) is 0 Å². The third kappa shape index (κ3) is 4.04. The van der Waals surface area contributed by atoms with Gasteiger partial charge >= 0.3 is 5.97 Å². The maximum atomic E-state index is 12.2. The third-order valence-electron chi connectivity index (χ3n) is 4.17. The summed E-state index contributed by atoms with van der Waals surface area (Å²) in [4.78, 5) is 23.5. The summed E-state index contributed by atoms with van der Waals surface area (Å²) in [7, 11) is 0. The molecule has 5 nitrogen and oxygen atoms in total. The van der Waals surface area contributed by atoms with Crippen molar-refractivity contribution < 1.29 is 14.7 Å². The van der Waals surface area contributed by atoms with Crippen LogP contribution in [0, 0.1) is 5.41 Å². The van der Waals surface area contributed by atoms with Gasteiger partial charge in [0.05, 0.1) is 17.0 Å². The summed E-state index contributed by atoms with van der Waals surface area (Å²) in [5.74, 6) is -1.32. The van der Waals surface area contributed by atoms with E-state index in [0.29, 0.717) is 6.42 Å². The summed E-state index contributed by atoms with van der Waals surface area (Å²) in [5, 5.41) is 12.0. The van der Waals surface area contributed by atoms with Gasteiger partial charge in [0.1, 0.15) is 0 Å². The number of benzene rings is 1. The first kappa shape index (κ1) is 17.2. The fourth-order valence-electron chi connectivity index (χ4n) is 1.79. The van der Waals surface area contributed by atoms with Gasteiger partial charge in [-0.2, -0.15) is 0 Å². The van der Waals surface area contributed by atoms with E-state index in [0.717, 1.165) is 5.56 Å². The topological polar surface area (TPSA) is 92.4 Å². The van der Waals surface area contributed by atoms with E-state index < -0.39 is 23.0 Å². The number of carboxylic acid groups (broad SMARTS) is 1. The molecule has 0 aliphatic carbocycles. The number of amides is 1. The van der Waals surface area contributed by atoms with Crippen molar-refractivity contribution in [1.82, 2.24) is 5.32 Å². The number of nitrogens with two attached hydrogens (primary N) is 1. The number of carboxylic acids is 1. The molecule has 0 aliphatic heterocycles. The Balaban J connectivity index is 2.74. The summed E-state index contributed by atoms with van der Waals surface area (Å²) >= 11 is 0. The van der Waals surface area contributed by atoms with E-state index in [2.05, 4.69) is 5.32 Å². The van der Waals surface area contributed by atoms with Crippen molar-refractivity contribution in [3.05, 3.63) is 35.9 Å². The van der Waals surface area contributed by atoms with Crippen LogP contribution in [-0.4, -0.2) is 28.6 Å². The zero-order chi connectivity index (χ0) is 16.3. The van der Waals surface area contributed by atoms with Crippen molar-refractivity contribution in [2.24, 2.45) is 11.1 Å². The quantitative estimate of drug-likeness (QED) is 0.742. The van der Waals surface area contributed by atoms with Gasteiger partial charge in [0.25, 0.3) is 0 Å². The van der Waals surface area contributed by atoms with E-state index >= 15 is 0 Å². The second-order valence-corrected chi connectivity index (χ2v) is 6.34. The lowest BCUT2D eigenvalue weighted by Gasteiger charge is -2.39. The monoisotopic (exact) mass is 292 g/mol. The summed E-state index contributed by atoms with van der Waals surface area (Å²) in [6.45, 7) is 6.54. The van der Waals surface area contributed by atoms with E-state index in [9.17, 15) is 14.7 Å². The van der Waals surface area contributed by atoms with E-state index in [1.165, 1.54) is 0 Å². The molecule has 4 N–H and O–H groups in total. The van der Waals surface area contributed by atoms with Crippen LogP contribution < -0.4 is 11.1 Å². The highest BCUT2D eigenvalue weighted by molar-refractivity contribution is 5.84.